The van der Waals surface area contributed by atoms with Crippen LogP contribution < -0.4 is 15.4 Å². The van der Waals surface area contributed by atoms with E-state index in [-0.39, 0.29) is 31.8 Å². The Balaban J connectivity index is 1.33. The second-order valence-corrected chi connectivity index (χ2v) is 8.86. The van der Waals surface area contributed by atoms with Gasteiger partial charge in [0.15, 0.2) is 6.61 Å². The molecule has 39 heavy (non-hydrogen) atoms. The number of carbonyl (C=O) groups is 4. The number of anilines is 2. The van der Waals surface area contributed by atoms with Crippen molar-refractivity contribution >= 4 is 35.1 Å². The monoisotopic (exact) mass is 532 g/mol. The highest BCUT2D eigenvalue weighted by molar-refractivity contribution is 5.94. The first-order chi connectivity index (χ1) is 18.7. The van der Waals surface area contributed by atoms with Gasteiger partial charge in [-0.15, -0.1) is 0 Å². The van der Waals surface area contributed by atoms with Gasteiger partial charge < -0.3 is 24.8 Å². The molecule has 0 radical (unpaired) electrons. The molecule has 9 nitrogen and oxygen atoms in total. The van der Waals surface area contributed by atoms with E-state index in [1.54, 1.807) is 43.3 Å². The summed E-state index contributed by atoms with van der Waals surface area (Å²) in [4.78, 5) is 47.9. The minimum atomic E-state index is -0.580. The lowest BCUT2D eigenvalue weighted by molar-refractivity contribution is -0.147. The third kappa shape index (κ3) is 9.96. The molecule has 0 bridgehead atoms. The van der Waals surface area contributed by atoms with E-state index in [1.165, 1.54) is 12.1 Å². The number of rotatable bonds is 12. The predicted octanol–water partition coefficient (Wildman–Crippen LogP) is 5.56. The van der Waals surface area contributed by atoms with Crippen LogP contribution in [0.2, 0.25) is 0 Å². The summed E-state index contributed by atoms with van der Waals surface area (Å²) in [7, 11) is 0. The molecule has 0 unspecified atom stereocenters. The Morgan fingerprint density at radius 2 is 1.28 bits per heavy atom. The quantitative estimate of drug-likeness (QED) is 0.293. The van der Waals surface area contributed by atoms with Gasteiger partial charge in [0.25, 0.3) is 5.91 Å². The predicted molar refractivity (Wildman–Crippen MR) is 147 cm³/mol. The standard InChI is InChI=1S/C30H32N2O7/c1-4-37-30(36)22-8-10-23(11-9-22)32-28(34)19-38-29(35)7-5-6-27(33)31-24-12-14-25(15-13-24)39-26-17-20(2)16-21(3)18-26/h8-18H,4-7,19H2,1-3H3,(H,31,33)(H,32,34). The lowest BCUT2D eigenvalue weighted by atomic mass is 10.1. The largest absolute Gasteiger partial charge is 0.462 e. The van der Waals surface area contributed by atoms with E-state index < -0.39 is 24.5 Å². The second kappa shape index (κ2) is 14.3. The Labute approximate surface area is 227 Å². The molecule has 0 aliphatic carbocycles. The van der Waals surface area contributed by atoms with Gasteiger partial charge in [0.2, 0.25) is 5.91 Å². The lowest BCUT2D eigenvalue weighted by Crippen LogP contribution is -2.21. The zero-order valence-electron chi connectivity index (χ0n) is 22.2. The minimum absolute atomic E-state index is 0.00236. The summed E-state index contributed by atoms with van der Waals surface area (Å²) in [5.41, 5.74) is 3.65. The van der Waals surface area contributed by atoms with Crippen LogP contribution in [0, 0.1) is 13.8 Å². The van der Waals surface area contributed by atoms with Crippen molar-refractivity contribution in [1.29, 1.82) is 0 Å². The molecule has 2 N–H and O–H groups in total. The summed E-state index contributed by atoms with van der Waals surface area (Å²) in [6, 6.07) is 19.2. The minimum Gasteiger partial charge on any atom is -0.462 e. The highest BCUT2D eigenvalue weighted by Crippen LogP contribution is 2.25. The summed E-state index contributed by atoms with van der Waals surface area (Å²) in [5.74, 6) is -0.389. The molecule has 0 atom stereocenters. The first kappa shape index (κ1) is 28.9. The topological polar surface area (TPSA) is 120 Å². The van der Waals surface area contributed by atoms with Crippen molar-refractivity contribution in [2.75, 3.05) is 23.8 Å². The summed E-state index contributed by atoms with van der Waals surface area (Å²) in [6.45, 7) is 5.54. The molecule has 0 spiro atoms. The van der Waals surface area contributed by atoms with Gasteiger partial charge in [0, 0.05) is 24.2 Å². The van der Waals surface area contributed by atoms with Gasteiger partial charge >= 0.3 is 11.9 Å². The van der Waals surface area contributed by atoms with Gasteiger partial charge in [0.05, 0.1) is 12.2 Å². The van der Waals surface area contributed by atoms with Gasteiger partial charge in [-0.3, -0.25) is 14.4 Å². The second-order valence-electron chi connectivity index (χ2n) is 8.86. The fraction of sp³-hybridized carbons (Fsp3) is 0.267. The molecule has 204 valence electrons. The van der Waals surface area contributed by atoms with Crippen LogP contribution in [-0.4, -0.2) is 37.0 Å². The average Bonchev–Trinajstić information content (AvgIpc) is 2.88. The summed E-state index contributed by atoms with van der Waals surface area (Å²) >= 11 is 0. The fourth-order valence-electron chi connectivity index (χ4n) is 3.67. The van der Waals surface area contributed by atoms with Gasteiger partial charge in [-0.25, -0.2) is 4.79 Å². The molecule has 0 saturated heterocycles. The molecule has 0 fully saturated rings. The van der Waals surface area contributed by atoms with E-state index in [2.05, 4.69) is 16.7 Å². The number of benzene rings is 3. The molecule has 0 aromatic heterocycles. The summed E-state index contributed by atoms with van der Waals surface area (Å²) in [5, 5.41) is 5.36. The van der Waals surface area contributed by atoms with E-state index in [0.717, 1.165) is 16.9 Å². The summed E-state index contributed by atoms with van der Waals surface area (Å²) in [6.07, 6.45) is 0.391. The van der Waals surface area contributed by atoms with E-state index in [9.17, 15) is 19.2 Å². The van der Waals surface area contributed by atoms with Crippen molar-refractivity contribution < 1.29 is 33.4 Å². The van der Waals surface area contributed by atoms with Crippen LogP contribution in [0.1, 0.15) is 47.7 Å². The number of nitrogens with one attached hydrogen (secondary N) is 2. The molecule has 3 rings (SSSR count). The van der Waals surface area contributed by atoms with Crippen molar-refractivity contribution in [2.24, 2.45) is 0 Å². The molecule has 3 aromatic rings. The number of aryl methyl sites for hydroxylation is 2. The highest BCUT2D eigenvalue weighted by atomic mass is 16.5. The molecule has 2 amide bonds. The zero-order valence-corrected chi connectivity index (χ0v) is 22.2. The van der Waals surface area contributed by atoms with Crippen molar-refractivity contribution in [3.63, 3.8) is 0 Å². The maximum absolute atomic E-state index is 12.2. The fourth-order valence-corrected chi connectivity index (χ4v) is 3.67. The van der Waals surface area contributed by atoms with Crippen LogP contribution in [0.25, 0.3) is 0 Å². The van der Waals surface area contributed by atoms with E-state index in [0.29, 0.717) is 22.7 Å². The third-order valence-corrected chi connectivity index (χ3v) is 5.40. The molecular weight excluding hydrogens is 500 g/mol. The Morgan fingerprint density at radius 3 is 1.90 bits per heavy atom. The van der Waals surface area contributed by atoms with E-state index in [4.69, 9.17) is 14.2 Å². The summed E-state index contributed by atoms with van der Waals surface area (Å²) < 4.78 is 15.8. The smallest absolute Gasteiger partial charge is 0.338 e. The normalized spacial score (nSPS) is 10.3. The molecule has 0 aliphatic heterocycles. The number of amides is 2. The molecule has 0 heterocycles. The number of ether oxygens (including phenoxy) is 3. The van der Waals surface area contributed by atoms with Crippen molar-refractivity contribution in [1.82, 2.24) is 0 Å². The zero-order chi connectivity index (χ0) is 28.2. The maximum Gasteiger partial charge on any atom is 0.338 e. The first-order valence-corrected chi connectivity index (χ1v) is 12.6. The number of carbonyl (C=O) groups excluding carboxylic acids is 4. The van der Waals surface area contributed by atoms with Gasteiger partial charge in [0.1, 0.15) is 11.5 Å². The Hall–Kier alpha value is -4.66. The lowest BCUT2D eigenvalue weighted by Gasteiger charge is -2.10. The van der Waals surface area contributed by atoms with Gasteiger partial charge in [-0.05, 0) is 99.0 Å². The SMILES string of the molecule is CCOC(=O)c1ccc(NC(=O)COC(=O)CCCC(=O)Nc2ccc(Oc3cc(C)cc(C)c3)cc2)cc1. The van der Waals surface area contributed by atoms with Crippen LogP contribution in [0.3, 0.4) is 0 Å². The van der Waals surface area contributed by atoms with Crippen LogP contribution >= 0.6 is 0 Å². The first-order valence-electron chi connectivity index (χ1n) is 12.6. The average molecular weight is 533 g/mol. The number of hydrogen-bond donors (Lipinski definition) is 2. The van der Waals surface area contributed by atoms with Crippen molar-refractivity contribution in [2.45, 2.75) is 40.0 Å². The molecule has 0 aliphatic rings. The van der Waals surface area contributed by atoms with Gasteiger partial charge in [-0.2, -0.15) is 0 Å². The Morgan fingerprint density at radius 1 is 0.692 bits per heavy atom. The highest BCUT2D eigenvalue weighted by Gasteiger charge is 2.11. The van der Waals surface area contributed by atoms with Crippen LogP contribution in [0.4, 0.5) is 11.4 Å². The maximum atomic E-state index is 12.2. The van der Waals surface area contributed by atoms with E-state index in [1.807, 2.05) is 26.0 Å². The van der Waals surface area contributed by atoms with Crippen LogP contribution in [-0.2, 0) is 23.9 Å². The van der Waals surface area contributed by atoms with Crippen molar-refractivity contribution in [3.05, 3.63) is 83.4 Å². The third-order valence-electron chi connectivity index (χ3n) is 5.40. The molecular formula is C30H32N2O7. The van der Waals surface area contributed by atoms with Crippen molar-refractivity contribution in [3.8, 4) is 11.5 Å². The number of esters is 2. The van der Waals surface area contributed by atoms with E-state index >= 15 is 0 Å². The van der Waals surface area contributed by atoms with Crippen LogP contribution in [0.15, 0.2) is 66.7 Å². The molecule has 9 heteroatoms. The Kier molecular flexibility index (Phi) is 10.6. The molecule has 3 aromatic carbocycles. The van der Waals surface area contributed by atoms with Gasteiger partial charge in [-0.1, -0.05) is 6.07 Å². The Bertz CT molecular complexity index is 1280. The number of hydrogen-bond acceptors (Lipinski definition) is 7. The molecule has 0 saturated carbocycles. The van der Waals surface area contributed by atoms with Crippen LogP contribution in [0.5, 0.6) is 11.5 Å².